The van der Waals surface area contributed by atoms with Crippen molar-refractivity contribution in [1.82, 2.24) is 14.9 Å². The van der Waals surface area contributed by atoms with Crippen LogP contribution in [0.3, 0.4) is 0 Å². The molecule has 2 aliphatic heterocycles. The Labute approximate surface area is 198 Å². The summed E-state index contributed by atoms with van der Waals surface area (Å²) in [6.07, 6.45) is 8.02. The molecular formula is C25H29N5O4. The number of anilines is 2. The highest BCUT2D eigenvalue weighted by Crippen LogP contribution is 2.44. The molecule has 178 valence electrons. The highest BCUT2D eigenvalue weighted by atomic mass is 16.6. The number of hydrogen-bond acceptors (Lipinski definition) is 7. The number of nitrogens with zero attached hydrogens (tertiary/aromatic N) is 4. The third-order valence-corrected chi connectivity index (χ3v) is 7.12. The number of benzene rings is 1. The van der Waals surface area contributed by atoms with E-state index in [9.17, 15) is 14.4 Å². The highest BCUT2D eigenvalue weighted by molar-refractivity contribution is 5.99. The van der Waals surface area contributed by atoms with Crippen molar-refractivity contribution in [3.8, 4) is 0 Å². The monoisotopic (exact) mass is 463 g/mol. The lowest BCUT2D eigenvalue weighted by molar-refractivity contribution is -0.153. The SMILES string of the molecule is O=C1C[C@H](C(=O)Nc2cccc(C(=O)N3CCN(c4ncccn4)CC3)c2)C2(CCCCC2)O1. The molecule has 3 aliphatic rings. The number of ether oxygens (including phenoxy) is 1. The van der Waals surface area contributed by atoms with E-state index < -0.39 is 11.5 Å². The molecule has 1 aromatic carbocycles. The van der Waals surface area contributed by atoms with Crippen LogP contribution in [0.1, 0.15) is 48.9 Å². The number of amides is 2. The smallest absolute Gasteiger partial charge is 0.307 e. The Morgan fingerprint density at radius 1 is 1.00 bits per heavy atom. The normalized spacial score (nSPS) is 21.9. The molecule has 1 N–H and O–H groups in total. The molecule has 9 nitrogen and oxygen atoms in total. The van der Waals surface area contributed by atoms with Gasteiger partial charge in [0, 0.05) is 49.8 Å². The van der Waals surface area contributed by atoms with E-state index in [2.05, 4.69) is 20.2 Å². The molecule has 2 aromatic rings. The predicted octanol–water partition coefficient (Wildman–Crippen LogP) is 2.64. The molecule has 2 saturated heterocycles. The van der Waals surface area contributed by atoms with E-state index in [0.29, 0.717) is 43.4 Å². The number of carbonyl (C=O) groups excluding carboxylic acids is 3. The fourth-order valence-electron chi connectivity index (χ4n) is 5.33. The second-order valence-electron chi connectivity index (χ2n) is 9.25. The first-order chi connectivity index (χ1) is 16.5. The number of nitrogens with one attached hydrogen (secondary N) is 1. The molecule has 3 fully saturated rings. The standard InChI is InChI=1S/C25H29N5O4/c31-21-17-20(25(34-21)8-2-1-3-9-25)22(32)28-19-7-4-6-18(16-19)23(33)29-12-14-30(15-13-29)24-26-10-5-11-27-24/h4-7,10-11,16,20H,1-3,8-9,12-15,17H2,(H,28,32)/t20-/m1/s1. The van der Waals surface area contributed by atoms with Crippen molar-refractivity contribution >= 4 is 29.4 Å². The summed E-state index contributed by atoms with van der Waals surface area (Å²) in [7, 11) is 0. The summed E-state index contributed by atoms with van der Waals surface area (Å²) in [5.74, 6) is -0.412. The van der Waals surface area contributed by atoms with Crippen LogP contribution >= 0.6 is 0 Å². The summed E-state index contributed by atoms with van der Waals surface area (Å²) in [5, 5.41) is 2.94. The van der Waals surface area contributed by atoms with Crippen LogP contribution in [0.2, 0.25) is 0 Å². The average molecular weight is 464 g/mol. The van der Waals surface area contributed by atoms with Crippen LogP contribution < -0.4 is 10.2 Å². The van der Waals surface area contributed by atoms with E-state index in [1.54, 1.807) is 47.6 Å². The molecule has 1 atom stereocenters. The molecule has 1 aliphatic carbocycles. The van der Waals surface area contributed by atoms with Crippen LogP contribution in [0.5, 0.6) is 0 Å². The van der Waals surface area contributed by atoms with Crippen molar-refractivity contribution in [1.29, 1.82) is 0 Å². The summed E-state index contributed by atoms with van der Waals surface area (Å²) < 4.78 is 5.67. The number of piperazine rings is 1. The maximum atomic E-state index is 13.1. The van der Waals surface area contributed by atoms with Crippen molar-refractivity contribution in [2.75, 3.05) is 36.4 Å². The topological polar surface area (TPSA) is 105 Å². The Kier molecular flexibility index (Phi) is 6.17. The van der Waals surface area contributed by atoms with Crippen LogP contribution in [-0.2, 0) is 14.3 Å². The summed E-state index contributed by atoms with van der Waals surface area (Å²) in [5.41, 5.74) is 0.403. The fourth-order valence-corrected chi connectivity index (χ4v) is 5.33. The molecular weight excluding hydrogens is 434 g/mol. The van der Waals surface area contributed by atoms with Gasteiger partial charge in [0.15, 0.2) is 0 Å². The number of rotatable bonds is 4. The number of aromatic nitrogens is 2. The van der Waals surface area contributed by atoms with Gasteiger partial charge in [0.05, 0.1) is 12.3 Å². The van der Waals surface area contributed by atoms with Gasteiger partial charge in [-0.3, -0.25) is 14.4 Å². The lowest BCUT2D eigenvalue weighted by Gasteiger charge is -2.36. The van der Waals surface area contributed by atoms with Crippen molar-refractivity contribution in [2.45, 2.75) is 44.1 Å². The van der Waals surface area contributed by atoms with Gasteiger partial charge >= 0.3 is 5.97 Å². The van der Waals surface area contributed by atoms with Crippen LogP contribution in [0.4, 0.5) is 11.6 Å². The van der Waals surface area contributed by atoms with Crippen LogP contribution in [0, 0.1) is 5.92 Å². The van der Waals surface area contributed by atoms with Crippen molar-refractivity contribution in [3.63, 3.8) is 0 Å². The van der Waals surface area contributed by atoms with Crippen LogP contribution in [0.25, 0.3) is 0 Å². The summed E-state index contributed by atoms with van der Waals surface area (Å²) in [6.45, 7) is 2.45. The molecule has 34 heavy (non-hydrogen) atoms. The molecule has 1 aromatic heterocycles. The number of carbonyl (C=O) groups is 3. The Bertz CT molecular complexity index is 1060. The fraction of sp³-hybridized carbons (Fsp3) is 0.480. The third-order valence-electron chi connectivity index (χ3n) is 7.12. The molecule has 0 radical (unpaired) electrons. The van der Waals surface area contributed by atoms with Gasteiger partial charge in [-0.1, -0.05) is 12.5 Å². The maximum Gasteiger partial charge on any atom is 0.307 e. The van der Waals surface area contributed by atoms with Gasteiger partial charge in [-0.15, -0.1) is 0 Å². The Morgan fingerprint density at radius 2 is 1.74 bits per heavy atom. The minimum atomic E-state index is -0.672. The van der Waals surface area contributed by atoms with Crippen molar-refractivity contribution in [3.05, 3.63) is 48.3 Å². The van der Waals surface area contributed by atoms with Gasteiger partial charge in [-0.05, 0) is 49.9 Å². The quantitative estimate of drug-likeness (QED) is 0.695. The molecule has 2 amide bonds. The summed E-state index contributed by atoms with van der Waals surface area (Å²) >= 11 is 0. The van der Waals surface area contributed by atoms with E-state index in [4.69, 9.17) is 4.74 Å². The molecule has 0 unspecified atom stereocenters. The Morgan fingerprint density at radius 3 is 2.47 bits per heavy atom. The van der Waals surface area contributed by atoms with Gasteiger partial charge in [0.25, 0.3) is 5.91 Å². The van der Waals surface area contributed by atoms with Gasteiger partial charge in [-0.25, -0.2) is 9.97 Å². The maximum absolute atomic E-state index is 13.1. The lowest BCUT2D eigenvalue weighted by atomic mass is 9.75. The number of esters is 1. The van der Waals surface area contributed by atoms with Gasteiger partial charge < -0.3 is 19.9 Å². The van der Waals surface area contributed by atoms with Crippen LogP contribution in [-0.4, -0.2) is 64.4 Å². The van der Waals surface area contributed by atoms with E-state index in [0.717, 1.165) is 32.1 Å². The molecule has 5 rings (SSSR count). The molecule has 1 spiro atoms. The predicted molar refractivity (Wildman–Crippen MR) is 125 cm³/mol. The Hall–Kier alpha value is -3.49. The zero-order valence-corrected chi connectivity index (χ0v) is 19.1. The molecule has 9 heteroatoms. The first-order valence-electron chi connectivity index (χ1n) is 12.0. The second kappa shape index (κ2) is 9.40. The Balaban J connectivity index is 1.23. The first-order valence-corrected chi connectivity index (χ1v) is 12.0. The van der Waals surface area contributed by atoms with Crippen molar-refractivity contribution < 1.29 is 19.1 Å². The first kappa shape index (κ1) is 22.3. The molecule has 1 saturated carbocycles. The minimum Gasteiger partial charge on any atom is -0.458 e. The summed E-state index contributed by atoms with van der Waals surface area (Å²) in [6, 6.07) is 8.78. The van der Waals surface area contributed by atoms with Gasteiger partial charge in [-0.2, -0.15) is 0 Å². The van der Waals surface area contributed by atoms with Gasteiger partial charge in [0.2, 0.25) is 11.9 Å². The van der Waals surface area contributed by atoms with Crippen molar-refractivity contribution in [2.24, 2.45) is 5.92 Å². The largest absolute Gasteiger partial charge is 0.458 e. The van der Waals surface area contributed by atoms with Crippen LogP contribution in [0.15, 0.2) is 42.7 Å². The lowest BCUT2D eigenvalue weighted by Crippen LogP contribution is -2.49. The van der Waals surface area contributed by atoms with E-state index in [-0.39, 0.29) is 24.2 Å². The minimum absolute atomic E-state index is 0.0761. The van der Waals surface area contributed by atoms with Gasteiger partial charge in [0.1, 0.15) is 5.60 Å². The zero-order valence-electron chi connectivity index (χ0n) is 19.1. The molecule has 0 bridgehead atoms. The molecule has 3 heterocycles. The third kappa shape index (κ3) is 4.47. The van der Waals surface area contributed by atoms with E-state index in [1.807, 2.05) is 0 Å². The van der Waals surface area contributed by atoms with E-state index >= 15 is 0 Å². The van der Waals surface area contributed by atoms with E-state index in [1.165, 1.54) is 0 Å². The highest BCUT2D eigenvalue weighted by Gasteiger charge is 2.52. The zero-order chi connectivity index (χ0) is 23.5. The average Bonchev–Trinajstić information content (AvgIpc) is 3.19. The number of hydrogen-bond donors (Lipinski definition) is 1. The second-order valence-corrected chi connectivity index (χ2v) is 9.25. The summed E-state index contributed by atoms with van der Waals surface area (Å²) in [4.78, 5) is 50.7.